The first-order valence-electron chi connectivity index (χ1n) is 25.3. The minimum atomic E-state index is -2.43. The van der Waals surface area contributed by atoms with Gasteiger partial charge in [-0.15, -0.1) is 0 Å². The third-order valence-corrected chi connectivity index (χ3v) is 15.7. The zero-order valence-corrected chi connectivity index (χ0v) is 44.1. The van der Waals surface area contributed by atoms with Crippen molar-refractivity contribution in [2.24, 2.45) is 35.5 Å². The molecule has 2 saturated heterocycles. The molecular weight excluding hydrogens is 904 g/mol. The molecule has 3 fully saturated rings. The van der Waals surface area contributed by atoms with Crippen molar-refractivity contribution in [3.05, 3.63) is 47.6 Å². The van der Waals surface area contributed by atoms with Crippen LogP contribution in [0.3, 0.4) is 0 Å². The summed E-state index contributed by atoms with van der Waals surface area (Å²) in [6.45, 7) is 14.5. The van der Waals surface area contributed by atoms with Crippen LogP contribution in [0.4, 0.5) is 0 Å². The van der Waals surface area contributed by atoms with Crippen LogP contribution in [0, 0.1) is 35.5 Å². The summed E-state index contributed by atoms with van der Waals surface area (Å²) in [4.78, 5) is 72.3. The van der Waals surface area contributed by atoms with E-state index in [9.17, 15) is 38.8 Å². The number of cyclic esters (lactones) is 1. The molecule has 0 aromatic heterocycles. The number of ether oxygens (including phenoxy) is 5. The molecule has 4 aliphatic rings. The van der Waals surface area contributed by atoms with Crippen LogP contribution in [-0.4, -0.2) is 140 Å². The van der Waals surface area contributed by atoms with E-state index in [2.05, 4.69) is 5.32 Å². The van der Waals surface area contributed by atoms with E-state index in [4.69, 9.17) is 23.7 Å². The number of allylic oxidation sites excluding steroid dienone is 6. The van der Waals surface area contributed by atoms with Gasteiger partial charge in [-0.1, -0.05) is 75.6 Å². The van der Waals surface area contributed by atoms with E-state index in [0.29, 0.717) is 63.2 Å². The lowest BCUT2D eigenvalue weighted by atomic mass is 9.77. The van der Waals surface area contributed by atoms with Crippen molar-refractivity contribution in [3.8, 4) is 0 Å². The maximum atomic E-state index is 14.5. The fourth-order valence-electron chi connectivity index (χ4n) is 10.6. The highest BCUT2D eigenvalue weighted by molar-refractivity contribution is 7.43. The van der Waals surface area contributed by atoms with Gasteiger partial charge >= 0.3 is 13.8 Å². The normalized spacial score (nSPS) is 37.8. The van der Waals surface area contributed by atoms with E-state index in [1.54, 1.807) is 47.7 Å². The Morgan fingerprint density at radius 3 is 2.29 bits per heavy atom. The highest BCUT2D eigenvalue weighted by Crippen LogP contribution is 2.38. The van der Waals surface area contributed by atoms with Gasteiger partial charge in [0.2, 0.25) is 5.79 Å². The molecule has 3 unspecified atom stereocenters. The number of aliphatic hydroxyl groups excluding tert-OH is 1. The Kier molecular flexibility index (Phi) is 23.3. The molecule has 1 aliphatic carbocycles. The predicted molar refractivity (Wildman–Crippen MR) is 264 cm³/mol. The maximum absolute atomic E-state index is 14.5. The number of Topliss-reactive ketones (excluding diaryl/α,β-unsaturated/α-hetero) is 3. The van der Waals surface area contributed by atoms with Crippen LogP contribution >= 0.6 is 7.80 Å². The van der Waals surface area contributed by atoms with Crippen LogP contribution in [0.25, 0.3) is 0 Å². The number of hydrogen-bond acceptors (Lipinski definition) is 14. The summed E-state index contributed by atoms with van der Waals surface area (Å²) in [7, 11) is 3.25. The molecule has 16 heteroatoms. The number of ketones is 3. The lowest BCUT2D eigenvalue weighted by Crippen LogP contribution is -2.61. The Labute approximate surface area is 412 Å². The third-order valence-electron chi connectivity index (χ3n) is 15.1. The minimum absolute atomic E-state index is 0.0161. The standard InChI is InChI=1S/C53H84N2O13P/c1-32-17-13-12-14-18-33(2)44(64-8)29-40-22-20-38(7)53(62,68-40)50(59)51(60)55-24-16-15-19-42(55)52(61)67-45(35(4)27-39-21-23-41(46(28-39)65-9)54-31-69(11)63)30-43(56)34(3)26-37(6)48(58)49(66-10)47(57)36(5)25-32/h12-14,17-18,26,32,34-36,38-42,44-46,48-49,54,58,62H,15-16,19-25,27-31H2,1-11H3/q+1/b14-12?,17-13+,33-18?,37-26+/t32-,34-,35-,36-,38-,39+,40+,41?,42?,44+,45+,46-,48-,49+,53-/m1/s1. The van der Waals surface area contributed by atoms with Crippen molar-refractivity contribution in [1.29, 1.82) is 0 Å². The summed E-state index contributed by atoms with van der Waals surface area (Å²) in [6.07, 6.45) is 12.9. The number of rotatable bonds is 9. The topological polar surface area (TPSA) is 204 Å². The summed E-state index contributed by atoms with van der Waals surface area (Å²) in [6, 6.07) is -1.11. The lowest BCUT2D eigenvalue weighted by Gasteiger charge is -2.42. The molecule has 15 nitrogen and oxygen atoms in total. The maximum Gasteiger partial charge on any atom is 0.350 e. The number of piperidine rings is 1. The summed E-state index contributed by atoms with van der Waals surface area (Å²) in [5, 5.41) is 26.9. The molecule has 3 aliphatic heterocycles. The van der Waals surface area contributed by atoms with Gasteiger partial charge in [0.15, 0.2) is 12.1 Å². The average Bonchev–Trinajstić information content (AvgIpc) is 3.32. The number of aliphatic hydroxyl groups is 2. The molecule has 0 spiro atoms. The van der Waals surface area contributed by atoms with Crippen LogP contribution in [-0.2, 0) is 52.2 Å². The van der Waals surface area contributed by atoms with Gasteiger partial charge in [0, 0.05) is 64.5 Å². The summed E-state index contributed by atoms with van der Waals surface area (Å²) < 4.78 is 41.7. The number of hydrogen-bond donors (Lipinski definition) is 3. The Morgan fingerprint density at radius 2 is 1.62 bits per heavy atom. The van der Waals surface area contributed by atoms with Crippen LogP contribution in [0.1, 0.15) is 126 Å². The zero-order chi connectivity index (χ0) is 51.2. The van der Waals surface area contributed by atoms with Crippen LogP contribution in [0.5, 0.6) is 0 Å². The Morgan fingerprint density at radius 1 is 0.899 bits per heavy atom. The number of carbonyl (C=O) groups excluding carboxylic acids is 5. The van der Waals surface area contributed by atoms with Gasteiger partial charge in [0.25, 0.3) is 11.7 Å². The van der Waals surface area contributed by atoms with Crippen LogP contribution in [0.2, 0.25) is 0 Å². The molecule has 4 rings (SSSR count). The van der Waals surface area contributed by atoms with E-state index in [1.165, 1.54) is 12.0 Å². The molecule has 0 radical (unpaired) electrons. The van der Waals surface area contributed by atoms with E-state index >= 15 is 0 Å². The van der Waals surface area contributed by atoms with Crippen molar-refractivity contribution in [2.45, 2.75) is 180 Å². The predicted octanol–water partition coefficient (Wildman–Crippen LogP) is 7.19. The van der Waals surface area contributed by atoms with Gasteiger partial charge in [0.1, 0.15) is 36.8 Å². The SMILES string of the molecule is CO[C@H]1C[C@@H]2CC[C@@H](C)[C@@](O)(O2)C(=O)C(=O)N2CCCCC2C(=O)O[C@H]([C@H](C)C[C@@H]2CCC(NC[P+](C)=O)[C@H](OC)C2)CC(=O)[C@H](C)/C=C(\C)[C@@H](O)[C@@H](OC)C(=O)[C@H](C)C[C@H](C)/C=C/C=CC=C1C. The smallest absolute Gasteiger partial charge is 0.350 e. The van der Waals surface area contributed by atoms with Crippen molar-refractivity contribution in [3.63, 3.8) is 0 Å². The van der Waals surface area contributed by atoms with Gasteiger partial charge < -0.3 is 38.8 Å². The second-order valence-electron chi connectivity index (χ2n) is 20.6. The molecule has 0 aromatic carbocycles. The van der Waals surface area contributed by atoms with Gasteiger partial charge in [-0.05, 0) is 107 Å². The Bertz CT molecular complexity index is 1900. The Balaban J connectivity index is 1.70. The number of esters is 1. The van der Waals surface area contributed by atoms with E-state index in [-0.39, 0.29) is 60.9 Å². The van der Waals surface area contributed by atoms with E-state index in [0.717, 1.165) is 18.4 Å². The number of fused-ring (bicyclic) bond motifs is 3. The molecule has 1 saturated carbocycles. The number of methoxy groups -OCH3 is 3. The second kappa shape index (κ2) is 27.5. The molecule has 388 valence electrons. The van der Waals surface area contributed by atoms with Gasteiger partial charge in [-0.25, -0.2) is 4.79 Å². The monoisotopic (exact) mass is 988 g/mol. The van der Waals surface area contributed by atoms with Crippen LogP contribution in [0.15, 0.2) is 47.6 Å². The zero-order valence-electron chi connectivity index (χ0n) is 43.2. The van der Waals surface area contributed by atoms with E-state index in [1.807, 2.05) is 58.1 Å². The lowest BCUT2D eigenvalue weighted by molar-refractivity contribution is -0.265. The number of amides is 1. The number of carbonyl (C=O) groups is 5. The van der Waals surface area contributed by atoms with Gasteiger partial charge in [-0.2, -0.15) is 0 Å². The first kappa shape index (κ1) is 58.3. The molecule has 2 bridgehead atoms. The number of nitrogens with one attached hydrogen (secondary N) is 1. The van der Waals surface area contributed by atoms with Gasteiger partial charge in [0.05, 0.1) is 18.3 Å². The highest BCUT2D eigenvalue weighted by Gasteiger charge is 2.53. The molecule has 1 amide bonds. The first-order chi connectivity index (χ1) is 32.6. The first-order valence-corrected chi connectivity index (χ1v) is 27.1. The second-order valence-corrected chi connectivity index (χ2v) is 22.2. The molecule has 0 aromatic rings. The average molecular weight is 988 g/mol. The summed E-state index contributed by atoms with van der Waals surface area (Å²) >= 11 is 0. The fraction of sp³-hybridized carbons (Fsp3) is 0.755. The highest BCUT2D eigenvalue weighted by atomic mass is 31.1. The minimum Gasteiger partial charge on any atom is -0.460 e. The third kappa shape index (κ3) is 16.1. The molecule has 3 N–H and O–H groups in total. The fourth-order valence-corrected chi connectivity index (χ4v) is 11.1. The molecule has 16 atom stereocenters. The Hall–Kier alpha value is -3.27. The van der Waals surface area contributed by atoms with E-state index < -0.39 is 85.6 Å². The van der Waals surface area contributed by atoms with Crippen molar-refractivity contribution >= 4 is 37.0 Å². The van der Waals surface area contributed by atoms with Gasteiger partial charge in [-0.3, -0.25) is 24.5 Å². The molecular formula is C53H84N2O13P+. The summed E-state index contributed by atoms with van der Waals surface area (Å²) in [5.74, 6) is -7.91. The van der Waals surface area contributed by atoms with Crippen molar-refractivity contribution < 1.29 is 62.4 Å². The van der Waals surface area contributed by atoms with Crippen molar-refractivity contribution in [2.75, 3.05) is 40.8 Å². The van der Waals surface area contributed by atoms with Crippen molar-refractivity contribution in [1.82, 2.24) is 10.2 Å². The van der Waals surface area contributed by atoms with Crippen LogP contribution < -0.4 is 5.32 Å². The summed E-state index contributed by atoms with van der Waals surface area (Å²) in [5.41, 5.74) is 1.27. The largest absolute Gasteiger partial charge is 0.460 e. The molecule has 3 heterocycles. The molecule has 69 heavy (non-hydrogen) atoms. The number of nitrogens with zero attached hydrogens (tertiary/aromatic N) is 1. The quantitative estimate of drug-likeness (QED) is 0.0906.